The minimum atomic E-state index is -0.542. The molecule has 0 aromatic heterocycles. The molecule has 0 saturated carbocycles. The van der Waals surface area contributed by atoms with E-state index in [9.17, 15) is 19.5 Å². The fourth-order valence-corrected chi connectivity index (χ4v) is 4.60. The molecule has 132 valence electrons. The van der Waals surface area contributed by atoms with Gasteiger partial charge in [0, 0.05) is 24.5 Å². The highest BCUT2D eigenvalue weighted by Gasteiger charge is 2.35. The maximum absolute atomic E-state index is 12.4. The molecule has 2 N–H and O–H groups in total. The lowest BCUT2D eigenvalue weighted by Gasteiger charge is -2.17. The first-order chi connectivity index (χ1) is 12.0. The molecule has 2 atom stereocenters. The third kappa shape index (κ3) is 4.45. The predicted molar refractivity (Wildman–Crippen MR) is 99.0 cm³/mol. The van der Waals surface area contributed by atoms with Gasteiger partial charge < -0.3 is 10.4 Å². The molecule has 0 bridgehead atoms. The molecule has 1 aromatic carbocycles. The van der Waals surface area contributed by atoms with Gasteiger partial charge in [-0.2, -0.15) is 11.8 Å². The van der Waals surface area contributed by atoms with Gasteiger partial charge in [0.15, 0.2) is 0 Å². The first kappa shape index (κ1) is 18.0. The van der Waals surface area contributed by atoms with Gasteiger partial charge in [-0.1, -0.05) is 30.3 Å². The summed E-state index contributed by atoms with van der Waals surface area (Å²) in [4.78, 5) is 37.9. The second-order valence-electron chi connectivity index (χ2n) is 5.77. The summed E-state index contributed by atoms with van der Waals surface area (Å²) in [7, 11) is 0. The first-order valence-corrected chi connectivity index (χ1v) is 9.87. The van der Waals surface area contributed by atoms with Crippen LogP contribution in [0.5, 0.6) is 0 Å². The number of rotatable bonds is 5. The lowest BCUT2D eigenvalue weighted by Crippen LogP contribution is -2.43. The number of hydrogen-bond donors (Lipinski definition) is 2. The molecule has 2 aliphatic rings. The SMILES string of the molecule is O=C(CCN1C(=O)S/C(=C/c2ccccc2)C1=O)N[C@H]1CSC[C@@H]1O. The van der Waals surface area contributed by atoms with Gasteiger partial charge in [-0.05, 0) is 23.4 Å². The summed E-state index contributed by atoms with van der Waals surface area (Å²) in [6, 6.07) is 9.04. The van der Waals surface area contributed by atoms with Crippen molar-refractivity contribution in [3.63, 3.8) is 0 Å². The summed E-state index contributed by atoms with van der Waals surface area (Å²) >= 11 is 2.47. The highest BCUT2D eigenvalue weighted by molar-refractivity contribution is 8.18. The molecule has 0 spiro atoms. The molecule has 3 amide bonds. The van der Waals surface area contributed by atoms with Gasteiger partial charge in [0.25, 0.3) is 11.1 Å². The topological polar surface area (TPSA) is 86.7 Å². The fourth-order valence-electron chi connectivity index (χ4n) is 2.57. The molecule has 2 heterocycles. The summed E-state index contributed by atoms with van der Waals surface area (Å²) in [6.07, 6.45) is 1.17. The molecule has 0 unspecified atom stereocenters. The number of carbonyl (C=O) groups excluding carboxylic acids is 3. The zero-order chi connectivity index (χ0) is 17.8. The van der Waals surface area contributed by atoms with Crippen LogP contribution in [0.4, 0.5) is 4.79 Å². The van der Waals surface area contributed by atoms with Gasteiger partial charge in [-0.25, -0.2) is 0 Å². The zero-order valence-corrected chi connectivity index (χ0v) is 15.0. The highest BCUT2D eigenvalue weighted by atomic mass is 32.2. The zero-order valence-electron chi connectivity index (χ0n) is 13.4. The van der Waals surface area contributed by atoms with Gasteiger partial charge in [0.1, 0.15) is 0 Å². The van der Waals surface area contributed by atoms with Crippen molar-refractivity contribution in [3.05, 3.63) is 40.8 Å². The Balaban J connectivity index is 1.56. The monoisotopic (exact) mass is 378 g/mol. The molecule has 2 saturated heterocycles. The minimum absolute atomic E-state index is 0.0323. The van der Waals surface area contributed by atoms with E-state index in [2.05, 4.69) is 5.32 Å². The van der Waals surface area contributed by atoms with Crippen LogP contribution in [0.25, 0.3) is 6.08 Å². The highest BCUT2D eigenvalue weighted by Crippen LogP contribution is 2.32. The largest absolute Gasteiger partial charge is 0.390 e. The van der Waals surface area contributed by atoms with E-state index < -0.39 is 6.10 Å². The van der Waals surface area contributed by atoms with Crippen molar-refractivity contribution >= 4 is 46.7 Å². The molecule has 0 aliphatic carbocycles. The Hall–Kier alpha value is -1.77. The number of imide groups is 1. The Morgan fingerprint density at radius 1 is 1.28 bits per heavy atom. The van der Waals surface area contributed by atoms with Crippen LogP contribution in [0.1, 0.15) is 12.0 Å². The van der Waals surface area contributed by atoms with Gasteiger partial charge in [0.2, 0.25) is 5.91 Å². The number of aliphatic hydroxyl groups is 1. The second-order valence-corrected chi connectivity index (χ2v) is 7.84. The van der Waals surface area contributed by atoms with E-state index in [1.165, 1.54) is 0 Å². The average Bonchev–Trinajstić information content (AvgIpc) is 3.11. The van der Waals surface area contributed by atoms with E-state index in [1.807, 2.05) is 30.3 Å². The molecular weight excluding hydrogens is 360 g/mol. The van der Waals surface area contributed by atoms with Crippen LogP contribution in [-0.4, -0.2) is 57.3 Å². The lowest BCUT2D eigenvalue weighted by molar-refractivity contribution is -0.124. The molecule has 0 radical (unpaired) electrons. The maximum Gasteiger partial charge on any atom is 0.293 e. The van der Waals surface area contributed by atoms with Crippen molar-refractivity contribution in [2.45, 2.75) is 18.6 Å². The van der Waals surface area contributed by atoms with Crippen molar-refractivity contribution in [2.24, 2.45) is 0 Å². The molecule has 2 fully saturated rings. The number of amides is 3. The molecule has 1 aromatic rings. The summed E-state index contributed by atoms with van der Waals surface area (Å²) in [6.45, 7) is 0.0403. The van der Waals surface area contributed by atoms with Crippen molar-refractivity contribution in [1.29, 1.82) is 0 Å². The quantitative estimate of drug-likeness (QED) is 0.759. The minimum Gasteiger partial charge on any atom is -0.390 e. The number of aliphatic hydroxyl groups excluding tert-OH is 1. The van der Waals surface area contributed by atoms with Crippen LogP contribution in [0.15, 0.2) is 35.2 Å². The summed E-state index contributed by atoms with van der Waals surface area (Å²) < 4.78 is 0. The third-order valence-corrected chi connectivity index (χ3v) is 6.01. The number of nitrogens with zero attached hydrogens (tertiary/aromatic N) is 1. The van der Waals surface area contributed by atoms with Crippen LogP contribution in [-0.2, 0) is 9.59 Å². The molecular formula is C17H18N2O4S2. The normalized spacial score (nSPS) is 25.0. The van der Waals surface area contributed by atoms with E-state index in [0.29, 0.717) is 16.4 Å². The van der Waals surface area contributed by atoms with Crippen LogP contribution in [0.2, 0.25) is 0 Å². The van der Waals surface area contributed by atoms with Crippen molar-refractivity contribution in [3.8, 4) is 0 Å². The van der Waals surface area contributed by atoms with E-state index >= 15 is 0 Å². The van der Waals surface area contributed by atoms with Gasteiger partial charge in [-0.3, -0.25) is 19.3 Å². The third-order valence-electron chi connectivity index (χ3n) is 3.93. The number of carbonyl (C=O) groups is 3. The summed E-state index contributed by atoms with van der Waals surface area (Å²) in [5.41, 5.74) is 0.846. The van der Waals surface area contributed by atoms with E-state index in [1.54, 1.807) is 17.8 Å². The molecule has 2 aliphatic heterocycles. The van der Waals surface area contributed by atoms with Crippen LogP contribution in [0, 0.1) is 0 Å². The number of thioether (sulfide) groups is 2. The predicted octanol–water partition coefficient (Wildman–Crippen LogP) is 1.71. The Labute approximate surface area is 154 Å². The Morgan fingerprint density at radius 2 is 2.04 bits per heavy atom. The van der Waals surface area contributed by atoms with Crippen molar-refractivity contribution in [1.82, 2.24) is 10.2 Å². The average molecular weight is 378 g/mol. The fraction of sp³-hybridized carbons (Fsp3) is 0.353. The van der Waals surface area contributed by atoms with Crippen LogP contribution in [0.3, 0.4) is 0 Å². The van der Waals surface area contributed by atoms with Gasteiger partial charge in [0.05, 0.1) is 17.1 Å². The molecule has 25 heavy (non-hydrogen) atoms. The summed E-state index contributed by atoms with van der Waals surface area (Å²) in [5.74, 6) is 0.646. The number of benzene rings is 1. The van der Waals surface area contributed by atoms with Gasteiger partial charge in [-0.15, -0.1) is 0 Å². The Kier molecular flexibility index (Phi) is 5.82. The molecule has 8 heteroatoms. The smallest absolute Gasteiger partial charge is 0.293 e. The maximum atomic E-state index is 12.4. The molecule has 6 nitrogen and oxygen atoms in total. The Bertz CT molecular complexity index is 708. The second kappa shape index (κ2) is 8.07. The van der Waals surface area contributed by atoms with Crippen LogP contribution >= 0.6 is 23.5 Å². The van der Waals surface area contributed by atoms with E-state index in [0.717, 1.165) is 22.2 Å². The van der Waals surface area contributed by atoms with Crippen molar-refractivity contribution in [2.75, 3.05) is 18.1 Å². The van der Waals surface area contributed by atoms with Crippen LogP contribution < -0.4 is 5.32 Å². The lowest BCUT2D eigenvalue weighted by atomic mass is 10.2. The van der Waals surface area contributed by atoms with E-state index in [-0.39, 0.29) is 36.1 Å². The number of nitrogens with one attached hydrogen (secondary N) is 1. The Morgan fingerprint density at radius 3 is 2.72 bits per heavy atom. The summed E-state index contributed by atoms with van der Waals surface area (Å²) in [5, 5.41) is 12.1. The first-order valence-electron chi connectivity index (χ1n) is 7.90. The van der Waals surface area contributed by atoms with E-state index in [4.69, 9.17) is 0 Å². The number of hydrogen-bond acceptors (Lipinski definition) is 6. The standard InChI is InChI=1S/C17H18N2O4S2/c20-13-10-24-9-12(13)18-15(21)6-7-19-16(22)14(25-17(19)23)8-11-4-2-1-3-5-11/h1-5,8,12-13,20H,6-7,9-10H2,(H,18,21)/b14-8+/t12-,13-/m0/s1. The van der Waals surface area contributed by atoms with Gasteiger partial charge >= 0.3 is 0 Å². The van der Waals surface area contributed by atoms with Crippen molar-refractivity contribution < 1.29 is 19.5 Å². The molecule has 3 rings (SSSR count).